The molecule has 1 atom stereocenters. The average Bonchev–Trinajstić information content (AvgIpc) is 3.50. The number of H-pyrrole nitrogens is 1. The van der Waals surface area contributed by atoms with Crippen LogP contribution in [0.3, 0.4) is 0 Å². The Hall–Kier alpha value is -4.10. The van der Waals surface area contributed by atoms with E-state index >= 15 is 0 Å². The van der Waals surface area contributed by atoms with Gasteiger partial charge < -0.3 is 30.2 Å². The second-order valence-corrected chi connectivity index (χ2v) is 12.0. The van der Waals surface area contributed by atoms with Crippen LogP contribution in [0.5, 0.6) is 11.5 Å². The lowest BCUT2D eigenvalue weighted by Crippen LogP contribution is -2.46. The molecule has 0 aliphatic carbocycles. The lowest BCUT2D eigenvalue weighted by atomic mass is 9.88. The molecule has 2 aliphatic heterocycles. The van der Waals surface area contributed by atoms with Gasteiger partial charge in [-0.1, -0.05) is 19.1 Å². The molecule has 0 spiro atoms. The van der Waals surface area contributed by atoms with Gasteiger partial charge in [0.05, 0.1) is 18.6 Å². The third-order valence-electron chi connectivity index (χ3n) is 8.99. The molecule has 46 heavy (non-hydrogen) atoms. The van der Waals surface area contributed by atoms with Gasteiger partial charge in [0, 0.05) is 81.4 Å². The molecule has 6 rings (SSSR count). The van der Waals surface area contributed by atoms with Crippen LogP contribution < -0.4 is 10.1 Å². The fourth-order valence-electron chi connectivity index (χ4n) is 6.45. The van der Waals surface area contributed by atoms with Gasteiger partial charge in [-0.3, -0.25) is 9.80 Å². The monoisotopic (exact) mass is 634 g/mol. The highest BCUT2D eigenvalue weighted by Crippen LogP contribution is 2.36. The van der Waals surface area contributed by atoms with Crippen molar-refractivity contribution in [1.29, 1.82) is 0 Å². The van der Waals surface area contributed by atoms with Gasteiger partial charge in [-0.25, -0.2) is 18.6 Å². The first-order valence-electron chi connectivity index (χ1n) is 15.8. The number of hydrogen-bond acceptors (Lipinski definition) is 7. The van der Waals surface area contributed by atoms with E-state index in [-0.39, 0.29) is 30.7 Å². The Morgan fingerprint density at radius 2 is 1.89 bits per heavy atom. The van der Waals surface area contributed by atoms with E-state index < -0.39 is 6.43 Å². The van der Waals surface area contributed by atoms with Crippen molar-refractivity contribution >= 4 is 22.8 Å². The summed E-state index contributed by atoms with van der Waals surface area (Å²) >= 11 is 0. The summed E-state index contributed by atoms with van der Waals surface area (Å²) in [5.74, 6) is 1.33. The van der Waals surface area contributed by atoms with Gasteiger partial charge in [0.2, 0.25) is 0 Å². The standard InChI is InChI=1S/C34H40F2N6O4/c1-2-22-19-42(20-24-15-27(5-6-28(22)24)46-31-7-8-37-33-30(31)17-26(21-44)38-33)34(45)39-25-4-3-23(29(16-25)32(35)36)18-41-11-9-40(10-12-41)13-14-43/h3-8,15-17,22,32,43-44H,2,9-14,18-21H2,1H3,(H,37,38)(H,39,45)/t22-/m0/s1. The number of carbonyl (C=O) groups excluding carboxylic acids is 1. The van der Waals surface area contributed by atoms with Crippen LogP contribution in [-0.4, -0.2) is 86.8 Å². The van der Waals surface area contributed by atoms with Gasteiger partial charge in [0.25, 0.3) is 6.43 Å². The molecule has 2 aliphatic rings. The number of piperazine rings is 1. The molecule has 12 heteroatoms. The SMILES string of the molecule is CC[C@H]1CN(C(=O)Nc2ccc(CN3CCN(CCO)CC3)c(C(F)F)c2)Cc2cc(Oc3ccnc4[nH]c(CO)cc34)ccc21. The number of nitrogens with one attached hydrogen (secondary N) is 2. The number of β-amino-alcohol motifs (C(OH)–C–C–N with tert-alkyl or cyclic N) is 1. The first-order valence-corrected chi connectivity index (χ1v) is 15.8. The van der Waals surface area contributed by atoms with E-state index in [1.807, 2.05) is 24.3 Å². The van der Waals surface area contributed by atoms with Gasteiger partial charge in [-0.05, 0) is 59.5 Å². The number of urea groups is 1. The van der Waals surface area contributed by atoms with Crippen molar-refractivity contribution in [3.8, 4) is 11.5 Å². The van der Waals surface area contributed by atoms with E-state index in [1.54, 1.807) is 29.3 Å². The molecular weight excluding hydrogens is 594 g/mol. The Balaban J connectivity index is 1.15. The largest absolute Gasteiger partial charge is 0.457 e. The number of aromatic amines is 1. The molecule has 1 fully saturated rings. The molecule has 4 N–H and O–H groups in total. The molecule has 2 aromatic carbocycles. The first kappa shape index (κ1) is 31.9. The Morgan fingerprint density at radius 3 is 2.63 bits per heavy atom. The summed E-state index contributed by atoms with van der Waals surface area (Å²) in [6.07, 6.45) is -0.205. The number of aromatic nitrogens is 2. The van der Waals surface area contributed by atoms with Crippen molar-refractivity contribution in [3.63, 3.8) is 0 Å². The fourth-order valence-corrected chi connectivity index (χ4v) is 6.45. The number of benzene rings is 2. The lowest BCUT2D eigenvalue weighted by Gasteiger charge is -2.35. The number of ether oxygens (including phenoxy) is 1. The summed E-state index contributed by atoms with van der Waals surface area (Å²) in [6.45, 7) is 7.00. The van der Waals surface area contributed by atoms with Gasteiger partial charge >= 0.3 is 6.03 Å². The molecule has 0 radical (unpaired) electrons. The topological polar surface area (TPSA) is 117 Å². The van der Waals surface area contributed by atoms with E-state index in [1.165, 1.54) is 6.07 Å². The molecule has 10 nitrogen and oxygen atoms in total. The predicted molar refractivity (Wildman–Crippen MR) is 171 cm³/mol. The number of hydrogen-bond donors (Lipinski definition) is 4. The Labute approximate surface area is 266 Å². The van der Waals surface area contributed by atoms with E-state index in [0.717, 1.165) is 49.1 Å². The number of rotatable bonds is 10. The summed E-state index contributed by atoms with van der Waals surface area (Å²) in [5.41, 5.74) is 4.18. The summed E-state index contributed by atoms with van der Waals surface area (Å²) < 4.78 is 34.6. The Bertz CT molecular complexity index is 1670. The quantitative estimate of drug-likeness (QED) is 0.184. The summed E-state index contributed by atoms with van der Waals surface area (Å²) in [4.78, 5) is 26.9. The number of pyridine rings is 1. The number of anilines is 1. The molecular formula is C34H40F2N6O4. The van der Waals surface area contributed by atoms with Crippen LogP contribution in [0, 0.1) is 0 Å². The maximum absolute atomic E-state index is 14.2. The Morgan fingerprint density at radius 1 is 1.09 bits per heavy atom. The fraction of sp³-hybridized carbons (Fsp3) is 0.412. The highest BCUT2D eigenvalue weighted by atomic mass is 19.3. The summed E-state index contributed by atoms with van der Waals surface area (Å²) in [5, 5.41) is 22.3. The highest BCUT2D eigenvalue weighted by Gasteiger charge is 2.28. The number of aliphatic hydroxyl groups excluding tert-OH is 2. The van der Waals surface area contributed by atoms with Crippen molar-refractivity contribution in [1.82, 2.24) is 24.7 Å². The summed E-state index contributed by atoms with van der Waals surface area (Å²) in [6, 6.07) is 13.9. The zero-order valence-electron chi connectivity index (χ0n) is 25.9. The molecule has 4 aromatic rings. The maximum atomic E-state index is 14.2. The molecule has 0 bridgehead atoms. The van der Waals surface area contributed by atoms with Crippen LogP contribution in [0.25, 0.3) is 11.0 Å². The molecule has 4 heterocycles. The van der Waals surface area contributed by atoms with Crippen molar-refractivity contribution in [3.05, 3.63) is 82.7 Å². The molecule has 0 saturated carbocycles. The average molecular weight is 635 g/mol. The van der Waals surface area contributed by atoms with Crippen LogP contribution in [0.2, 0.25) is 0 Å². The molecule has 244 valence electrons. The lowest BCUT2D eigenvalue weighted by molar-refractivity contribution is 0.106. The van der Waals surface area contributed by atoms with Crippen LogP contribution in [0.15, 0.2) is 54.7 Å². The number of alkyl halides is 2. The van der Waals surface area contributed by atoms with Crippen LogP contribution in [0.4, 0.5) is 19.3 Å². The van der Waals surface area contributed by atoms with Gasteiger partial charge in [-0.2, -0.15) is 0 Å². The van der Waals surface area contributed by atoms with E-state index in [9.17, 15) is 18.7 Å². The molecule has 2 amide bonds. The minimum Gasteiger partial charge on any atom is -0.457 e. The second-order valence-electron chi connectivity index (χ2n) is 12.0. The number of fused-ring (bicyclic) bond motifs is 2. The normalized spacial score (nSPS) is 17.4. The van der Waals surface area contributed by atoms with Gasteiger partial charge in [0.1, 0.15) is 17.1 Å². The van der Waals surface area contributed by atoms with E-state index in [2.05, 4.69) is 32.0 Å². The third-order valence-corrected chi connectivity index (χ3v) is 8.99. The number of carbonyl (C=O) groups is 1. The molecule has 1 saturated heterocycles. The predicted octanol–water partition coefficient (Wildman–Crippen LogP) is 5.44. The summed E-state index contributed by atoms with van der Waals surface area (Å²) in [7, 11) is 0. The first-order chi connectivity index (χ1) is 22.3. The van der Waals surface area contributed by atoms with Crippen molar-refractivity contribution in [2.45, 2.75) is 45.4 Å². The minimum absolute atomic E-state index is 0.0773. The van der Waals surface area contributed by atoms with Gasteiger partial charge in [-0.15, -0.1) is 0 Å². The number of nitrogens with zero attached hydrogens (tertiary/aromatic N) is 4. The second kappa shape index (κ2) is 14.1. The Kier molecular flexibility index (Phi) is 9.78. The minimum atomic E-state index is -2.67. The van der Waals surface area contributed by atoms with Crippen LogP contribution >= 0.6 is 0 Å². The van der Waals surface area contributed by atoms with E-state index in [4.69, 9.17) is 9.84 Å². The van der Waals surface area contributed by atoms with Crippen molar-refractivity contribution in [2.75, 3.05) is 51.2 Å². The molecule has 0 unspecified atom stereocenters. The van der Waals surface area contributed by atoms with Crippen molar-refractivity contribution in [2.24, 2.45) is 0 Å². The van der Waals surface area contributed by atoms with E-state index in [0.29, 0.717) is 60.3 Å². The smallest absolute Gasteiger partial charge is 0.322 e. The number of aliphatic hydroxyl groups is 2. The zero-order valence-corrected chi connectivity index (χ0v) is 25.9. The van der Waals surface area contributed by atoms with Gasteiger partial charge in [0.15, 0.2) is 0 Å². The zero-order chi connectivity index (χ0) is 32.2. The number of halogens is 2. The third kappa shape index (κ3) is 7.00. The number of amides is 2. The van der Waals surface area contributed by atoms with Crippen LogP contribution in [-0.2, 0) is 19.7 Å². The maximum Gasteiger partial charge on any atom is 0.322 e. The van der Waals surface area contributed by atoms with Crippen molar-refractivity contribution < 1.29 is 28.5 Å². The highest BCUT2D eigenvalue weighted by molar-refractivity contribution is 5.90. The molecule has 2 aromatic heterocycles. The van der Waals surface area contributed by atoms with Crippen LogP contribution in [0.1, 0.15) is 53.6 Å².